The number of fused-ring (bicyclic) bond motifs is 1. The van der Waals surface area contributed by atoms with Gasteiger partial charge in [0.2, 0.25) is 0 Å². The maximum atomic E-state index is 4.83. The molecule has 0 spiro atoms. The highest BCUT2D eigenvalue weighted by Crippen LogP contribution is 2.23. The molecule has 1 aliphatic heterocycles. The third kappa shape index (κ3) is 2.97. The number of piperidine rings is 1. The minimum atomic E-state index is 0.325. The second kappa shape index (κ2) is 6.16. The van der Waals surface area contributed by atoms with Crippen LogP contribution in [0.1, 0.15) is 38.1 Å². The molecule has 114 valence electrons. The average molecular weight is 286 g/mol. The summed E-state index contributed by atoms with van der Waals surface area (Å²) in [4.78, 5) is 7.25. The molecule has 0 saturated carbocycles. The lowest BCUT2D eigenvalue weighted by Gasteiger charge is -2.31. The van der Waals surface area contributed by atoms with Crippen LogP contribution < -0.4 is 5.32 Å². The van der Waals surface area contributed by atoms with E-state index in [0.717, 1.165) is 17.9 Å². The molecule has 1 saturated heterocycles. The minimum absolute atomic E-state index is 0.325. The lowest BCUT2D eigenvalue weighted by atomic mass is 10.0. The van der Waals surface area contributed by atoms with Gasteiger partial charge in [-0.25, -0.2) is 4.98 Å². The van der Waals surface area contributed by atoms with Gasteiger partial charge in [-0.05, 0) is 45.5 Å². The maximum absolute atomic E-state index is 4.83. The van der Waals surface area contributed by atoms with E-state index in [1.165, 1.54) is 31.3 Å². The van der Waals surface area contributed by atoms with Crippen LogP contribution in [-0.2, 0) is 7.05 Å². The van der Waals surface area contributed by atoms with Crippen molar-refractivity contribution in [1.82, 2.24) is 19.8 Å². The molecule has 0 amide bonds. The Morgan fingerprint density at radius 2 is 2.19 bits per heavy atom. The molecule has 1 aromatic carbocycles. The number of para-hydroxylation sites is 2. The Kier molecular flexibility index (Phi) is 4.27. The fraction of sp³-hybridized carbons (Fsp3) is 0.588. The second-order valence-electron chi connectivity index (χ2n) is 6.28. The Balaban J connectivity index is 1.76. The predicted molar refractivity (Wildman–Crippen MR) is 87.4 cm³/mol. The Hall–Kier alpha value is -1.39. The molecule has 4 nitrogen and oxygen atoms in total. The molecular formula is C17H26N4. The zero-order valence-corrected chi connectivity index (χ0v) is 13.3. The third-order valence-corrected chi connectivity index (χ3v) is 4.78. The topological polar surface area (TPSA) is 33.1 Å². The SMILES string of the molecule is CC(c1nc2ccccc2n1C)N(C)CC1CCCCN1. The Labute approximate surface area is 127 Å². The van der Waals surface area contributed by atoms with E-state index in [4.69, 9.17) is 4.98 Å². The van der Waals surface area contributed by atoms with Gasteiger partial charge in [0.15, 0.2) is 0 Å². The number of aryl methyl sites for hydroxylation is 1. The van der Waals surface area contributed by atoms with Crippen LogP contribution in [0.15, 0.2) is 24.3 Å². The van der Waals surface area contributed by atoms with Gasteiger partial charge in [0.05, 0.1) is 17.1 Å². The fourth-order valence-corrected chi connectivity index (χ4v) is 3.32. The van der Waals surface area contributed by atoms with Gasteiger partial charge in [0, 0.05) is 19.6 Å². The molecule has 0 radical (unpaired) electrons. The van der Waals surface area contributed by atoms with Crippen molar-refractivity contribution in [3.05, 3.63) is 30.1 Å². The van der Waals surface area contributed by atoms with Gasteiger partial charge in [-0.3, -0.25) is 4.90 Å². The Morgan fingerprint density at radius 3 is 2.90 bits per heavy atom. The molecule has 0 bridgehead atoms. The van der Waals surface area contributed by atoms with Crippen molar-refractivity contribution >= 4 is 11.0 Å². The van der Waals surface area contributed by atoms with Crippen molar-refractivity contribution in [2.75, 3.05) is 20.1 Å². The van der Waals surface area contributed by atoms with Crippen molar-refractivity contribution in [3.63, 3.8) is 0 Å². The summed E-state index contributed by atoms with van der Waals surface area (Å²) in [5.41, 5.74) is 2.30. The minimum Gasteiger partial charge on any atom is -0.330 e. The molecule has 2 unspecified atom stereocenters. The quantitative estimate of drug-likeness (QED) is 0.938. The van der Waals surface area contributed by atoms with Crippen molar-refractivity contribution in [2.45, 2.75) is 38.3 Å². The van der Waals surface area contributed by atoms with E-state index in [9.17, 15) is 0 Å². The molecule has 2 heterocycles. The van der Waals surface area contributed by atoms with Crippen LogP contribution in [0, 0.1) is 0 Å². The van der Waals surface area contributed by atoms with Gasteiger partial charge in [0.1, 0.15) is 5.82 Å². The summed E-state index contributed by atoms with van der Waals surface area (Å²) in [5.74, 6) is 1.15. The zero-order valence-electron chi connectivity index (χ0n) is 13.3. The van der Waals surface area contributed by atoms with Crippen LogP contribution in [0.3, 0.4) is 0 Å². The molecule has 3 rings (SSSR count). The van der Waals surface area contributed by atoms with Crippen LogP contribution in [0.25, 0.3) is 11.0 Å². The van der Waals surface area contributed by atoms with Crippen molar-refractivity contribution in [1.29, 1.82) is 0 Å². The molecule has 1 N–H and O–H groups in total. The van der Waals surface area contributed by atoms with Crippen LogP contribution in [-0.4, -0.2) is 40.6 Å². The van der Waals surface area contributed by atoms with Gasteiger partial charge in [-0.15, -0.1) is 0 Å². The first-order chi connectivity index (χ1) is 10.2. The summed E-state index contributed by atoms with van der Waals surface area (Å²) >= 11 is 0. The zero-order chi connectivity index (χ0) is 14.8. The summed E-state index contributed by atoms with van der Waals surface area (Å²) in [6.07, 6.45) is 3.96. The molecule has 1 aromatic heterocycles. The number of likely N-dealkylation sites (N-methyl/N-ethyl adjacent to an activating group) is 1. The van der Waals surface area contributed by atoms with E-state index < -0.39 is 0 Å². The molecular weight excluding hydrogens is 260 g/mol. The lowest BCUT2D eigenvalue weighted by molar-refractivity contribution is 0.206. The number of nitrogens with zero attached hydrogens (tertiary/aromatic N) is 3. The highest BCUT2D eigenvalue weighted by Gasteiger charge is 2.22. The largest absolute Gasteiger partial charge is 0.330 e. The van der Waals surface area contributed by atoms with E-state index in [2.05, 4.69) is 60.1 Å². The molecule has 0 aliphatic carbocycles. The first kappa shape index (κ1) is 14.5. The third-order valence-electron chi connectivity index (χ3n) is 4.78. The van der Waals surface area contributed by atoms with Crippen molar-refractivity contribution in [2.24, 2.45) is 7.05 Å². The highest BCUT2D eigenvalue weighted by molar-refractivity contribution is 5.75. The number of rotatable bonds is 4. The monoisotopic (exact) mass is 286 g/mol. The summed E-state index contributed by atoms with van der Waals surface area (Å²) in [5, 5.41) is 3.63. The first-order valence-corrected chi connectivity index (χ1v) is 8.02. The second-order valence-corrected chi connectivity index (χ2v) is 6.28. The van der Waals surface area contributed by atoms with E-state index in [-0.39, 0.29) is 0 Å². The van der Waals surface area contributed by atoms with Gasteiger partial charge in [-0.1, -0.05) is 18.6 Å². The van der Waals surface area contributed by atoms with Crippen LogP contribution in [0.2, 0.25) is 0 Å². The standard InChI is InChI=1S/C17H26N4/c1-13(20(2)12-14-8-6-7-11-18-14)17-19-15-9-4-5-10-16(15)21(17)3/h4-5,9-10,13-14,18H,6-8,11-12H2,1-3H3. The predicted octanol–water partition coefficient (Wildman–Crippen LogP) is 2.71. The van der Waals surface area contributed by atoms with Gasteiger partial charge >= 0.3 is 0 Å². The fourth-order valence-electron chi connectivity index (χ4n) is 3.32. The number of hydrogen-bond donors (Lipinski definition) is 1. The van der Waals surface area contributed by atoms with Crippen molar-refractivity contribution < 1.29 is 0 Å². The first-order valence-electron chi connectivity index (χ1n) is 8.02. The lowest BCUT2D eigenvalue weighted by Crippen LogP contribution is -2.43. The van der Waals surface area contributed by atoms with E-state index in [1.807, 2.05) is 0 Å². The number of nitrogens with one attached hydrogen (secondary N) is 1. The van der Waals surface area contributed by atoms with Gasteiger partial charge in [-0.2, -0.15) is 0 Å². The molecule has 4 heteroatoms. The average Bonchev–Trinajstić information content (AvgIpc) is 2.85. The Bertz CT molecular complexity index is 598. The van der Waals surface area contributed by atoms with Crippen LogP contribution >= 0.6 is 0 Å². The molecule has 21 heavy (non-hydrogen) atoms. The summed E-state index contributed by atoms with van der Waals surface area (Å²) in [6, 6.07) is 9.32. The molecule has 1 aliphatic rings. The molecule has 1 fully saturated rings. The summed E-state index contributed by atoms with van der Waals surface area (Å²) < 4.78 is 2.23. The van der Waals surface area contributed by atoms with Gasteiger partial charge < -0.3 is 9.88 Å². The maximum Gasteiger partial charge on any atom is 0.126 e. The normalized spacial score (nSPS) is 21.0. The van der Waals surface area contributed by atoms with Crippen molar-refractivity contribution in [3.8, 4) is 0 Å². The molecule has 2 aromatic rings. The van der Waals surface area contributed by atoms with Gasteiger partial charge in [0.25, 0.3) is 0 Å². The number of hydrogen-bond acceptors (Lipinski definition) is 3. The van der Waals surface area contributed by atoms with Crippen LogP contribution in [0.4, 0.5) is 0 Å². The number of aromatic nitrogens is 2. The smallest absolute Gasteiger partial charge is 0.126 e. The summed E-state index contributed by atoms with van der Waals surface area (Å²) in [6.45, 7) is 4.51. The number of benzene rings is 1. The van der Waals surface area contributed by atoms with E-state index in [1.54, 1.807) is 0 Å². The Morgan fingerprint density at radius 1 is 1.38 bits per heavy atom. The van der Waals surface area contributed by atoms with E-state index >= 15 is 0 Å². The van der Waals surface area contributed by atoms with Crippen LogP contribution in [0.5, 0.6) is 0 Å². The van der Waals surface area contributed by atoms with E-state index in [0.29, 0.717) is 12.1 Å². The summed E-state index contributed by atoms with van der Waals surface area (Å²) in [7, 11) is 4.33. The molecule has 2 atom stereocenters. The number of imidazole rings is 1. The highest BCUT2D eigenvalue weighted by atomic mass is 15.2.